The lowest BCUT2D eigenvalue weighted by molar-refractivity contribution is 0.102. The van der Waals surface area contributed by atoms with Crippen molar-refractivity contribution in [3.05, 3.63) is 76.4 Å². The molecule has 0 saturated carbocycles. The molecule has 0 bridgehead atoms. The van der Waals surface area contributed by atoms with Crippen molar-refractivity contribution in [2.75, 3.05) is 21.9 Å². The zero-order valence-corrected chi connectivity index (χ0v) is 18.0. The number of sulfonamides is 1. The number of hydrogen-bond donors (Lipinski definition) is 1. The molecule has 0 atom stereocenters. The Hall–Kier alpha value is -2.61. The summed E-state index contributed by atoms with van der Waals surface area (Å²) in [5.74, 6) is -0.173. The molecule has 1 amide bonds. The van der Waals surface area contributed by atoms with Gasteiger partial charge in [-0.2, -0.15) is 0 Å². The van der Waals surface area contributed by atoms with Crippen LogP contribution in [0.3, 0.4) is 0 Å². The monoisotopic (exact) mass is 461 g/mol. The maximum Gasteiger partial charge on any atom is 0.255 e. The molecule has 1 aliphatic rings. The third-order valence-corrected chi connectivity index (χ3v) is 7.17. The van der Waals surface area contributed by atoms with Gasteiger partial charge in [-0.3, -0.25) is 14.1 Å². The van der Waals surface area contributed by atoms with Gasteiger partial charge in [-0.15, -0.1) is 0 Å². The number of aromatic nitrogens is 1. The molecule has 1 N–H and O–H groups in total. The summed E-state index contributed by atoms with van der Waals surface area (Å²) in [6, 6.07) is 14.9. The standard InChI is InChI=1S/C21H17Cl2N3O3S/c22-15-8-9-24-20(12-15)18-13-16(4-7-19(18)23)25-21(27)14-2-5-17(6-3-14)26-10-1-11-30(26,28)29/h2-9,12-13H,1,10-11H2,(H,25,27). The molecule has 1 aliphatic heterocycles. The second-order valence-corrected chi connectivity index (χ2v) is 9.65. The molecule has 1 saturated heterocycles. The van der Waals surface area contributed by atoms with Crippen LogP contribution in [0.15, 0.2) is 60.8 Å². The van der Waals surface area contributed by atoms with Crippen molar-refractivity contribution < 1.29 is 13.2 Å². The van der Waals surface area contributed by atoms with E-state index in [4.69, 9.17) is 23.2 Å². The van der Waals surface area contributed by atoms with Crippen LogP contribution in [0.25, 0.3) is 11.3 Å². The molecule has 2 aromatic carbocycles. The lowest BCUT2D eigenvalue weighted by Crippen LogP contribution is -2.25. The normalized spacial score (nSPS) is 15.2. The van der Waals surface area contributed by atoms with Gasteiger partial charge in [0, 0.05) is 34.6 Å². The van der Waals surface area contributed by atoms with Crippen molar-refractivity contribution in [1.29, 1.82) is 0 Å². The van der Waals surface area contributed by atoms with Crippen LogP contribution in [0, 0.1) is 0 Å². The fraction of sp³-hybridized carbons (Fsp3) is 0.143. The Morgan fingerprint density at radius 2 is 1.80 bits per heavy atom. The summed E-state index contributed by atoms with van der Waals surface area (Å²) in [7, 11) is -3.26. The molecule has 0 spiro atoms. The number of anilines is 2. The first kappa shape index (κ1) is 20.7. The Morgan fingerprint density at radius 1 is 1.03 bits per heavy atom. The van der Waals surface area contributed by atoms with Crippen LogP contribution in [0.4, 0.5) is 11.4 Å². The van der Waals surface area contributed by atoms with E-state index >= 15 is 0 Å². The second kappa shape index (κ2) is 8.26. The van der Waals surface area contributed by atoms with Gasteiger partial charge in [0.15, 0.2) is 0 Å². The predicted octanol–water partition coefficient (Wildman–Crippen LogP) is 4.85. The summed E-state index contributed by atoms with van der Waals surface area (Å²) in [4.78, 5) is 16.9. The van der Waals surface area contributed by atoms with E-state index in [1.165, 1.54) is 4.31 Å². The number of hydrogen-bond acceptors (Lipinski definition) is 4. The first-order valence-electron chi connectivity index (χ1n) is 9.17. The van der Waals surface area contributed by atoms with E-state index in [0.717, 1.165) is 0 Å². The van der Waals surface area contributed by atoms with Gasteiger partial charge in [0.1, 0.15) is 0 Å². The van der Waals surface area contributed by atoms with Crippen LogP contribution in [0.2, 0.25) is 10.0 Å². The minimum absolute atomic E-state index is 0.148. The lowest BCUT2D eigenvalue weighted by Gasteiger charge is -2.17. The molecular weight excluding hydrogens is 445 g/mol. The summed E-state index contributed by atoms with van der Waals surface area (Å²) >= 11 is 12.3. The molecule has 0 radical (unpaired) electrons. The van der Waals surface area contributed by atoms with Crippen molar-refractivity contribution in [3.63, 3.8) is 0 Å². The fourth-order valence-electron chi connectivity index (χ4n) is 3.26. The quantitative estimate of drug-likeness (QED) is 0.602. The van der Waals surface area contributed by atoms with Crippen LogP contribution in [0.1, 0.15) is 16.8 Å². The highest BCUT2D eigenvalue weighted by Crippen LogP contribution is 2.31. The third-order valence-electron chi connectivity index (χ3n) is 4.74. The zero-order chi connectivity index (χ0) is 21.3. The third kappa shape index (κ3) is 4.28. The molecule has 6 nitrogen and oxygen atoms in total. The van der Waals surface area contributed by atoms with Gasteiger partial charge >= 0.3 is 0 Å². The van der Waals surface area contributed by atoms with Crippen LogP contribution in [-0.4, -0.2) is 31.6 Å². The molecular formula is C21H17Cl2N3O3S. The molecule has 9 heteroatoms. The van der Waals surface area contributed by atoms with E-state index in [0.29, 0.717) is 51.2 Å². The van der Waals surface area contributed by atoms with E-state index in [2.05, 4.69) is 10.3 Å². The van der Waals surface area contributed by atoms with E-state index in [1.807, 2.05) is 0 Å². The van der Waals surface area contributed by atoms with Gasteiger partial charge in [-0.25, -0.2) is 8.42 Å². The Labute approximate surface area is 184 Å². The number of nitrogens with zero attached hydrogens (tertiary/aromatic N) is 2. The maximum atomic E-state index is 12.6. The first-order valence-corrected chi connectivity index (χ1v) is 11.5. The number of carbonyl (C=O) groups is 1. The summed E-state index contributed by atoms with van der Waals surface area (Å²) in [6.45, 7) is 0.457. The van der Waals surface area contributed by atoms with Crippen molar-refractivity contribution in [3.8, 4) is 11.3 Å². The molecule has 0 unspecified atom stereocenters. The Kier molecular flexibility index (Phi) is 5.69. The molecule has 30 heavy (non-hydrogen) atoms. The minimum atomic E-state index is -3.26. The van der Waals surface area contributed by atoms with Crippen LogP contribution in [-0.2, 0) is 10.0 Å². The van der Waals surface area contributed by atoms with Crippen molar-refractivity contribution >= 4 is 50.5 Å². The number of nitrogens with one attached hydrogen (secondary N) is 1. The number of benzene rings is 2. The molecule has 4 rings (SSSR count). The van der Waals surface area contributed by atoms with Crippen LogP contribution < -0.4 is 9.62 Å². The predicted molar refractivity (Wildman–Crippen MR) is 120 cm³/mol. The molecule has 3 aromatic rings. The van der Waals surface area contributed by atoms with Gasteiger partial charge in [0.25, 0.3) is 5.91 Å². The summed E-state index contributed by atoms with van der Waals surface area (Å²) in [6.07, 6.45) is 2.19. The average Bonchev–Trinajstić information content (AvgIpc) is 3.08. The number of rotatable bonds is 4. The topological polar surface area (TPSA) is 79.4 Å². The molecule has 1 aromatic heterocycles. The van der Waals surface area contributed by atoms with Crippen molar-refractivity contribution in [2.45, 2.75) is 6.42 Å². The largest absolute Gasteiger partial charge is 0.322 e. The highest BCUT2D eigenvalue weighted by atomic mass is 35.5. The van der Waals surface area contributed by atoms with E-state index in [9.17, 15) is 13.2 Å². The van der Waals surface area contributed by atoms with E-state index in [-0.39, 0.29) is 11.7 Å². The number of carbonyl (C=O) groups excluding carboxylic acids is 1. The highest BCUT2D eigenvalue weighted by molar-refractivity contribution is 7.93. The van der Waals surface area contributed by atoms with E-state index < -0.39 is 10.0 Å². The van der Waals surface area contributed by atoms with Gasteiger partial charge in [0.2, 0.25) is 10.0 Å². The molecule has 2 heterocycles. The van der Waals surface area contributed by atoms with Crippen molar-refractivity contribution in [2.24, 2.45) is 0 Å². The van der Waals surface area contributed by atoms with Gasteiger partial charge < -0.3 is 5.32 Å². The smallest absolute Gasteiger partial charge is 0.255 e. The Balaban J connectivity index is 1.54. The number of amides is 1. The molecule has 154 valence electrons. The molecule has 0 aliphatic carbocycles. The van der Waals surface area contributed by atoms with Gasteiger partial charge in [-0.05, 0) is 61.0 Å². The molecule has 1 fully saturated rings. The zero-order valence-electron chi connectivity index (χ0n) is 15.7. The Bertz CT molecular complexity index is 1210. The number of halogens is 2. The van der Waals surface area contributed by atoms with Gasteiger partial charge in [-0.1, -0.05) is 23.2 Å². The summed E-state index contributed by atoms with van der Waals surface area (Å²) in [5.41, 5.74) is 2.76. The average molecular weight is 462 g/mol. The number of pyridine rings is 1. The maximum absolute atomic E-state index is 12.6. The first-order chi connectivity index (χ1) is 14.3. The lowest BCUT2D eigenvalue weighted by atomic mass is 10.1. The fourth-order valence-corrected chi connectivity index (χ4v) is 5.20. The summed E-state index contributed by atoms with van der Waals surface area (Å²) in [5, 5.41) is 3.84. The van der Waals surface area contributed by atoms with Crippen LogP contribution >= 0.6 is 23.2 Å². The van der Waals surface area contributed by atoms with Gasteiger partial charge in [0.05, 0.1) is 22.2 Å². The minimum Gasteiger partial charge on any atom is -0.322 e. The Morgan fingerprint density at radius 3 is 2.47 bits per heavy atom. The van der Waals surface area contributed by atoms with E-state index in [1.54, 1.807) is 60.8 Å². The highest BCUT2D eigenvalue weighted by Gasteiger charge is 2.28. The second-order valence-electron chi connectivity index (χ2n) is 6.80. The van der Waals surface area contributed by atoms with Crippen LogP contribution in [0.5, 0.6) is 0 Å². The SMILES string of the molecule is O=C(Nc1ccc(Cl)c(-c2cc(Cl)ccn2)c1)c1ccc(N2CCCS2(=O)=O)cc1. The summed E-state index contributed by atoms with van der Waals surface area (Å²) < 4.78 is 25.5. The van der Waals surface area contributed by atoms with Crippen molar-refractivity contribution in [1.82, 2.24) is 4.98 Å².